The summed E-state index contributed by atoms with van der Waals surface area (Å²) in [4.78, 5) is 22.9. The zero-order valence-electron chi connectivity index (χ0n) is 12.4. The van der Waals surface area contributed by atoms with Crippen molar-refractivity contribution in [1.29, 1.82) is 0 Å². The molecule has 0 saturated heterocycles. The summed E-state index contributed by atoms with van der Waals surface area (Å²) in [6, 6.07) is 4.01. The van der Waals surface area contributed by atoms with Crippen molar-refractivity contribution in [3.05, 3.63) is 28.8 Å². The first kappa shape index (κ1) is 18.6. The highest BCUT2D eigenvalue weighted by molar-refractivity contribution is 7.89. The summed E-state index contributed by atoms with van der Waals surface area (Å²) in [6.45, 7) is 2.11. The van der Waals surface area contributed by atoms with Crippen molar-refractivity contribution < 1.29 is 22.7 Å². The molecule has 0 bridgehead atoms. The Balaban J connectivity index is 2.99. The molecule has 1 N–H and O–H groups in total. The summed E-state index contributed by atoms with van der Waals surface area (Å²) < 4.78 is 31.1. The van der Waals surface area contributed by atoms with E-state index in [1.165, 1.54) is 25.3 Å². The first-order valence-electron chi connectivity index (χ1n) is 6.71. The molecule has 122 valence electrons. The van der Waals surface area contributed by atoms with Gasteiger partial charge in [-0.1, -0.05) is 18.5 Å². The fraction of sp³-hybridized carbons (Fsp3) is 0.429. The van der Waals surface area contributed by atoms with Crippen LogP contribution in [0.2, 0.25) is 5.02 Å². The number of carbonyl (C=O) groups excluding carboxylic acids is 2. The van der Waals surface area contributed by atoms with E-state index >= 15 is 0 Å². The molecule has 0 spiro atoms. The van der Waals surface area contributed by atoms with Crippen molar-refractivity contribution in [2.45, 2.75) is 31.1 Å². The Morgan fingerprint density at radius 1 is 1.27 bits per heavy atom. The number of hydrogen-bond acceptors (Lipinski definition) is 5. The van der Waals surface area contributed by atoms with Gasteiger partial charge in [0.05, 0.1) is 18.6 Å². The molecule has 22 heavy (non-hydrogen) atoms. The second kappa shape index (κ2) is 8.26. The van der Waals surface area contributed by atoms with Gasteiger partial charge in [0.25, 0.3) is 0 Å². The molecule has 0 fully saturated rings. The molecular formula is C14H18ClNO5S. The Bertz CT molecular complexity index is 657. The third-order valence-corrected chi connectivity index (χ3v) is 4.81. The normalized spacial score (nSPS) is 11.2. The Labute approximate surface area is 134 Å². The summed E-state index contributed by atoms with van der Waals surface area (Å²) in [6.07, 6.45) is 0.513. The smallest absolute Gasteiger partial charge is 0.305 e. The van der Waals surface area contributed by atoms with Crippen molar-refractivity contribution in [2.24, 2.45) is 0 Å². The van der Waals surface area contributed by atoms with Crippen LogP contribution in [0.25, 0.3) is 0 Å². The number of rotatable bonds is 8. The quantitative estimate of drug-likeness (QED) is 0.575. The molecule has 8 heteroatoms. The van der Waals surface area contributed by atoms with Crippen LogP contribution in [0.15, 0.2) is 23.1 Å². The average molecular weight is 348 g/mol. The molecule has 0 amide bonds. The third-order valence-electron chi connectivity index (χ3n) is 2.87. The number of hydrogen-bond donors (Lipinski definition) is 1. The Morgan fingerprint density at radius 2 is 1.95 bits per heavy atom. The first-order valence-corrected chi connectivity index (χ1v) is 8.57. The molecule has 0 aliphatic carbocycles. The number of sulfonamides is 1. The molecule has 0 unspecified atom stereocenters. The van der Waals surface area contributed by atoms with Gasteiger partial charge in [0.1, 0.15) is 4.90 Å². The van der Waals surface area contributed by atoms with Crippen molar-refractivity contribution >= 4 is 33.4 Å². The number of methoxy groups -OCH3 is 1. The van der Waals surface area contributed by atoms with Gasteiger partial charge in [-0.2, -0.15) is 0 Å². The number of nitrogens with one attached hydrogen (secondary N) is 1. The maximum absolute atomic E-state index is 12.1. The van der Waals surface area contributed by atoms with E-state index in [1.54, 1.807) is 0 Å². The van der Waals surface area contributed by atoms with Gasteiger partial charge < -0.3 is 4.74 Å². The van der Waals surface area contributed by atoms with Crippen LogP contribution in [0.4, 0.5) is 0 Å². The van der Waals surface area contributed by atoms with Crippen LogP contribution in [0.3, 0.4) is 0 Å². The number of esters is 1. The molecule has 0 saturated carbocycles. The molecule has 0 radical (unpaired) electrons. The fourth-order valence-electron chi connectivity index (χ4n) is 1.66. The molecule has 6 nitrogen and oxygen atoms in total. The van der Waals surface area contributed by atoms with E-state index in [0.717, 1.165) is 0 Å². The van der Waals surface area contributed by atoms with Gasteiger partial charge >= 0.3 is 5.97 Å². The van der Waals surface area contributed by atoms with Crippen molar-refractivity contribution in [3.63, 3.8) is 0 Å². The van der Waals surface area contributed by atoms with Crippen LogP contribution in [0.1, 0.15) is 36.5 Å². The zero-order chi connectivity index (χ0) is 16.8. The van der Waals surface area contributed by atoms with Gasteiger partial charge in [-0.15, -0.1) is 0 Å². The van der Waals surface area contributed by atoms with Crippen molar-refractivity contribution in [1.82, 2.24) is 4.72 Å². The molecule has 0 aliphatic rings. The standard InChI is InChI=1S/C14H18ClNO5S/c1-3-8-16-22(19,20)13-9-10(4-5-11(13)15)12(17)6-7-14(18)21-2/h4-5,9,16H,3,6-8H2,1-2H3. The average Bonchev–Trinajstić information content (AvgIpc) is 2.50. The van der Waals surface area contributed by atoms with E-state index in [4.69, 9.17) is 11.6 Å². The minimum Gasteiger partial charge on any atom is -0.469 e. The lowest BCUT2D eigenvalue weighted by atomic mass is 10.1. The second-order valence-corrected chi connectivity index (χ2v) is 6.68. The van der Waals surface area contributed by atoms with Crippen LogP contribution >= 0.6 is 11.6 Å². The predicted octanol–water partition coefficient (Wildman–Crippen LogP) is 2.16. The van der Waals surface area contributed by atoms with Crippen LogP contribution in [-0.4, -0.2) is 33.8 Å². The van der Waals surface area contributed by atoms with Crippen molar-refractivity contribution in [2.75, 3.05) is 13.7 Å². The van der Waals surface area contributed by atoms with Crippen LogP contribution in [-0.2, 0) is 19.6 Å². The Kier molecular flexibility index (Phi) is 6.99. The second-order valence-electron chi connectivity index (χ2n) is 4.54. The molecule has 0 atom stereocenters. The summed E-state index contributed by atoms with van der Waals surface area (Å²) in [5.41, 5.74) is 0.185. The number of ketones is 1. The summed E-state index contributed by atoms with van der Waals surface area (Å²) in [5, 5.41) is 0.0353. The van der Waals surface area contributed by atoms with Gasteiger partial charge in [-0.25, -0.2) is 13.1 Å². The van der Waals surface area contributed by atoms with Gasteiger partial charge in [0.15, 0.2) is 5.78 Å². The van der Waals surface area contributed by atoms with E-state index in [2.05, 4.69) is 9.46 Å². The van der Waals surface area contributed by atoms with E-state index in [1.807, 2.05) is 6.92 Å². The van der Waals surface area contributed by atoms with Gasteiger partial charge in [-0.05, 0) is 24.6 Å². The monoisotopic (exact) mass is 347 g/mol. The molecular weight excluding hydrogens is 330 g/mol. The lowest BCUT2D eigenvalue weighted by Crippen LogP contribution is -2.25. The highest BCUT2D eigenvalue weighted by Gasteiger charge is 2.20. The Hall–Kier alpha value is -1.44. The minimum atomic E-state index is -3.77. The van der Waals surface area contributed by atoms with Gasteiger partial charge in [-0.3, -0.25) is 9.59 Å². The molecule has 1 rings (SSSR count). The number of halogens is 1. The maximum atomic E-state index is 12.1. The third kappa shape index (κ3) is 5.08. The number of carbonyl (C=O) groups is 2. The summed E-state index contributed by atoms with van der Waals surface area (Å²) in [5.74, 6) is -0.853. The highest BCUT2D eigenvalue weighted by atomic mass is 35.5. The molecule has 1 aromatic rings. The van der Waals surface area contributed by atoms with Crippen LogP contribution in [0, 0.1) is 0 Å². The lowest BCUT2D eigenvalue weighted by Gasteiger charge is -2.09. The summed E-state index contributed by atoms with van der Waals surface area (Å²) >= 11 is 5.91. The fourth-order valence-corrected chi connectivity index (χ4v) is 3.32. The van der Waals surface area contributed by atoms with E-state index < -0.39 is 16.0 Å². The first-order chi connectivity index (χ1) is 10.3. The zero-order valence-corrected chi connectivity index (χ0v) is 14.0. The summed E-state index contributed by atoms with van der Waals surface area (Å²) in [7, 11) is -2.54. The number of ether oxygens (including phenoxy) is 1. The van der Waals surface area contributed by atoms with Gasteiger partial charge in [0, 0.05) is 18.5 Å². The van der Waals surface area contributed by atoms with Crippen LogP contribution in [0.5, 0.6) is 0 Å². The highest BCUT2D eigenvalue weighted by Crippen LogP contribution is 2.23. The lowest BCUT2D eigenvalue weighted by molar-refractivity contribution is -0.140. The van der Waals surface area contributed by atoms with Crippen LogP contribution < -0.4 is 4.72 Å². The molecule has 0 aliphatic heterocycles. The predicted molar refractivity (Wildman–Crippen MR) is 82.5 cm³/mol. The minimum absolute atomic E-state index is 0.0353. The SMILES string of the molecule is CCCNS(=O)(=O)c1cc(C(=O)CCC(=O)OC)ccc1Cl. The maximum Gasteiger partial charge on any atom is 0.305 e. The van der Waals surface area contributed by atoms with Crippen molar-refractivity contribution in [3.8, 4) is 0 Å². The number of benzene rings is 1. The molecule has 1 aromatic carbocycles. The van der Waals surface area contributed by atoms with E-state index in [0.29, 0.717) is 6.42 Å². The Morgan fingerprint density at radius 3 is 2.55 bits per heavy atom. The number of Topliss-reactive ketones (excluding diaryl/α,β-unsaturated/α-hetero) is 1. The molecule has 0 aromatic heterocycles. The van der Waals surface area contributed by atoms with Gasteiger partial charge in [0.2, 0.25) is 10.0 Å². The topological polar surface area (TPSA) is 89.5 Å². The van der Waals surface area contributed by atoms with E-state index in [9.17, 15) is 18.0 Å². The molecule has 0 heterocycles. The van der Waals surface area contributed by atoms with E-state index in [-0.39, 0.29) is 40.7 Å². The largest absolute Gasteiger partial charge is 0.469 e.